The van der Waals surface area contributed by atoms with E-state index in [2.05, 4.69) is 4.98 Å². The van der Waals surface area contributed by atoms with Crippen molar-refractivity contribution in [2.45, 2.75) is 30.4 Å². The molecule has 1 amide bonds. The number of nitrogens with two attached hydrogens (primary N) is 1. The summed E-state index contributed by atoms with van der Waals surface area (Å²) in [7, 11) is 0. The third kappa shape index (κ3) is 3.69. The lowest BCUT2D eigenvalue weighted by molar-refractivity contribution is -0.117. The Morgan fingerprint density at radius 3 is 2.88 bits per heavy atom. The van der Waals surface area contributed by atoms with Gasteiger partial charge in [-0.3, -0.25) is 4.79 Å². The number of fused-ring (bicyclic) bond motifs is 1. The van der Waals surface area contributed by atoms with Gasteiger partial charge in [-0.05, 0) is 31.5 Å². The van der Waals surface area contributed by atoms with E-state index in [1.54, 1.807) is 19.1 Å². The first-order valence-electron chi connectivity index (χ1n) is 7.48. The van der Waals surface area contributed by atoms with Crippen molar-refractivity contribution in [1.29, 1.82) is 0 Å². The molecular weight excluding hydrogens is 360 g/mol. The second kappa shape index (κ2) is 6.89. The highest BCUT2D eigenvalue weighted by Gasteiger charge is 2.14. The number of hydrogen-bond acceptors (Lipinski definition) is 7. The van der Waals surface area contributed by atoms with Crippen LogP contribution >= 0.6 is 23.1 Å². The molecule has 0 unspecified atom stereocenters. The van der Waals surface area contributed by atoms with Gasteiger partial charge in [-0.1, -0.05) is 11.8 Å². The number of thioether (sulfide) groups is 1. The largest absolute Gasteiger partial charge is 0.508 e. The van der Waals surface area contributed by atoms with Crippen LogP contribution in [0.3, 0.4) is 0 Å². The van der Waals surface area contributed by atoms with Gasteiger partial charge >= 0.3 is 5.63 Å². The summed E-state index contributed by atoms with van der Waals surface area (Å²) in [6, 6.07) is 4.78. The number of thiazole rings is 1. The van der Waals surface area contributed by atoms with Crippen LogP contribution in [0.2, 0.25) is 0 Å². The predicted octanol–water partition coefficient (Wildman–Crippen LogP) is 2.89. The normalized spacial score (nSPS) is 11.1. The molecule has 6 nitrogen and oxygen atoms in total. The van der Waals surface area contributed by atoms with E-state index in [4.69, 9.17) is 10.2 Å². The van der Waals surface area contributed by atoms with Crippen LogP contribution in [0, 0.1) is 13.8 Å². The van der Waals surface area contributed by atoms with Crippen molar-refractivity contribution < 1.29 is 14.3 Å². The highest BCUT2D eigenvalue weighted by Crippen LogP contribution is 2.33. The van der Waals surface area contributed by atoms with Crippen LogP contribution in [0.4, 0.5) is 0 Å². The summed E-state index contributed by atoms with van der Waals surface area (Å²) in [5.41, 5.74) is 7.32. The molecular formula is C17H16N2O4S2. The fourth-order valence-corrected chi connectivity index (χ4v) is 4.69. The van der Waals surface area contributed by atoms with Gasteiger partial charge < -0.3 is 15.3 Å². The quantitative estimate of drug-likeness (QED) is 0.524. The van der Waals surface area contributed by atoms with Gasteiger partial charge in [0.05, 0.1) is 12.1 Å². The number of benzene rings is 1. The first-order chi connectivity index (χ1) is 11.8. The molecule has 0 aliphatic rings. The minimum Gasteiger partial charge on any atom is -0.508 e. The average Bonchev–Trinajstić information content (AvgIpc) is 2.88. The minimum atomic E-state index is -0.457. The molecule has 0 bridgehead atoms. The smallest absolute Gasteiger partial charge is 0.336 e. The Hall–Kier alpha value is -2.32. The molecule has 0 aliphatic heterocycles. The number of hydrogen-bond donors (Lipinski definition) is 2. The van der Waals surface area contributed by atoms with E-state index in [9.17, 15) is 14.7 Å². The van der Waals surface area contributed by atoms with Gasteiger partial charge in [0.1, 0.15) is 11.3 Å². The lowest BCUT2D eigenvalue weighted by Crippen LogP contribution is -2.13. The molecule has 2 aromatic heterocycles. The monoisotopic (exact) mass is 376 g/mol. The Kier molecular flexibility index (Phi) is 4.82. The summed E-state index contributed by atoms with van der Waals surface area (Å²) in [5.74, 6) is 0.229. The SMILES string of the molecule is Cc1nc(SCc2cc(=O)oc3c(C)c(O)ccc23)sc1CC(N)=O. The standard InChI is InChI=1S/C17H16N2O4S2/c1-8-12(20)4-3-11-10(5-15(22)23-16(8)11)7-24-17-19-9(2)13(25-17)6-14(18)21/h3-5,20H,6-7H2,1-2H3,(H2,18,21). The van der Waals surface area contributed by atoms with Crippen LogP contribution in [-0.4, -0.2) is 16.0 Å². The summed E-state index contributed by atoms with van der Waals surface area (Å²) >= 11 is 2.91. The topological polar surface area (TPSA) is 106 Å². The van der Waals surface area contributed by atoms with Crippen LogP contribution in [-0.2, 0) is 17.0 Å². The molecule has 0 atom stereocenters. The Balaban J connectivity index is 1.90. The molecule has 0 fully saturated rings. The first kappa shape index (κ1) is 17.5. The summed E-state index contributed by atoms with van der Waals surface area (Å²) < 4.78 is 6.05. The fraction of sp³-hybridized carbons (Fsp3) is 0.235. The van der Waals surface area contributed by atoms with E-state index < -0.39 is 5.63 Å². The number of phenols is 1. The number of amides is 1. The number of carbonyl (C=O) groups is 1. The molecule has 3 N–H and O–H groups in total. The van der Waals surface area contributed by atoms with Crippen molar-refractivity contribution in [2.24, 2.45) is 5.73 Å². The zero-order valence-electron chi connectivity index (χ0n) is 13.7. The number of primary amides is 1. The zero-order valence-corrected chi connectivity index (χ0v) is 15.3. The molecule has 0 saturated carbocycles. The molecule has 3 aromatic rings. The van der Waals surface area contributed by atoms with Gasteiger partial charge in [-0.15, -0.1) is 11.3 Å². The van der Waals surface area contributed by atoms with E-state index in [0.717, 1.165) is 25.9 Å². The fourth-order valence-electron chi connectivity index (χ4n) is 2.46. The summed E-state index contributed by atoms with van der Waals surface area (Å²) in [6.07, 6.45) is 0.181. The van der Waals surface area contributed by atoms with E-state index in [0.29, 0.717) is 16.9 Å². The summed E-state index contributed by atoms with van der Waals surface area (Å²) in [6.45, 7) is 3.55. The van der Waals surface area contributed by atoms with Gasteiger partial charge in [-0.2, -0.15) is 0 Å². The Morgan fingerprint density at radius 2 is 2.16 bits per heavy atom. The van der Waals surface area contributed by atoms with Crippen molar-refractivity contribution in [2.75, 3.05) is 0 Å². The van der Waals surface area contributed by atoms with Crippen molar-refractivity contribution in [1.82, 2.24) is 4.98 Å². The molecule has 0 radical (unpaired) electrons. The summed E-state index contributed by atoms with van der Waals surface area (Å²) in [4.78, 5) is 28.2. The van der Waals surface area contributed by atoms with E-state index in [1.165, 1.54) is 29.2 Å². The highest BCUT2D eigenvalue weighted by atomic mass is 32.2. The van der Waals surface area contributed by atoms with Gasteiger partial charge in [-0.25, -0.2) is 9.78 Å². The number of nitrogens with zero attached hydrogens (tertiary/aromatic N) is 1. The maximum atomic E-state index is 11.8. The van der Waals surface area contributed by atoms with E-state index in [-0.39, 0.29) is 18.1 Å². The van der Waals surface area contributed by atoms with Gasteiger partial charge in [0.2, 0.25) is 5.91 Å². The lowest BCUT2D eigenvalue weighted by atomic mass is 10.1. The van der Waals surface area contributed by atoms with Gasteiger partial charge in [0.15, 0.2) is 4.34 Å². The number of carbonyl (C=O) groups excluding carboxylic acids is 1. The molecule has 2 heterocycles. The third-order valence-corrected chi connectivity index (χ3v) is 6.13. The molecule has 8 heteroatoms. The van der Waals surface area contributed by atoms with Crippen molar-refractivity contribution in [3.8, 4) is 5.75 Å². The maximum absolute atomic E-state index is 11.8. The molecule has 25 heavy (non-hydrogen) atoms. The molecule has 0 spiro atoms. The Bertz CT molecular complexity index is 1020. The highest BCUT2D eigenvalue weighted by molar-refractivity contribution is 8.00. The molecule has 130 valence electrons. The lowest BCUT2D eigenvalue weighted by Gasteiger charge is -2.07. The van der Waals surface area contributed by atoms with Crippen LogP contribution in [0.5, 0.6) is 5.75 Å². The number of aryl methyl sites for hydroxylation is 2. The maximum Gasteiger partial charge on any atom is 0.336 e. The molecule has 0 aliphatic carbocycles. The van der Waals surface area contributed by atoms with Crippen LogP contribution in [0.1, 0.15) is 21.7 Å². The second-order valence-corrected chi connectivity index (χ2v) is 7.90. The predicted molar refractivity (Wildman–Crippen MR) is 98.2 cm³/mol. The zero-order chi connectivity index (χ0) is 18.1. The van der Waals surface area contributed by atoms with Crippen LogP contribution in [0.25, 0.3) is 11.0 Å². The number of rotatable bonds is 5. The first-order valence-corrected chi connectivity index (χ1v) is 9.28. The van der Waals surface area contributed by atoms with Crippen molar-refractivity contribution in [3.05, 3.63) is 50.3 Å². The number of phenolic OH excluding ortho intramolecular Hbond substituents is 1. The Morgan fingerprint density at radius 1 is 1.40 bits per heavy atom. The summed E-state index contributed by atoms with van der Waals surface area (Å²) in [5, 5.41) is 10.6. The van der Waals surface area contributed by atoms with E-state index >= 15 is 0 Å². The van der Waals surface area contributed by atoms with Crippen molar-refractivity contribution in [3.63, 3.8) is 0 Å². The third-order valence-electron chi connectivity index (χ3n) is 3.78. The van der Waals surface area contributed by atoms with Crippen LogP contribution in [0.15, 0.2) is 31.8 Å². The number of aromatic hydroxyl groups is 1. The second-order valence-electron chi connectivity index (χ2n) is 5.60. The van der Waals surface area contributed by atoms with E-state index in [1.807, 2.05) is 6.92 Å². The number of aromatic nitrogens is 1. The average molecular weight is 376 g/mol. The van der Waals surface area contributed by atoms with Crippen LogP contribution < -0.4 is 11.4 Å². The molecule has 1 aromatic carbocycles. The van der Waals surface area contributed by atoms with Gasteiger partial charge in [0.25, 0.3) is 0 Å². The Labute approximate surface area is 151 Å². The van der Waals surface area contributed by atoms with Gasteiger partial charge in [0, 0.05) is 27.6 Å². The molecule has 3 rings (SSSR count). The minimum absolute atomic E-state index is 0.0899. The molecule has 0 saturated heterocycles. The van der Waals surface area contributed by atoms with Crippen molar-refractivity contribution >= 4 is 40.0 Å².